The van der Waals surface area contributed by atoms with Crippen LogP contribution < -0.4 is 5.32 Å². The van der Waals surface area contributed by atoms with Crippen molar-refractivity contribution in [3.63, 3.8) is 0 Å². The molecule has 1 N–H and O–H groups in total. The minimum atomic E-state index is -4.42. The van der Waals surface area contributed by atoms with Crippen molar-refractivity contribution >= 4 is 5.69 Å². The van der Waals surface area contributed by atoms with Gasteiger partial charge in [-0.25, -0.2) is 0 Å². The first-order chi connectivity index (χ1) is 7.63. The molecule has 0 heterocycles. The summed E-state index contributed by atoms with van der Waals surface area (Å²) in [6.45, 7) is 5.60. The van der Waals surface area contributed by atoms with Crippen molar-refractivity contribution in [3.05, 3.63) is 29.3 Å². The number of hydrogen-bond acceptors (Lipinski definition) is 2. The number of benzene rings is 1. The van der Waals surface area contributed by atoms with Gasteiger partial charge in [-0.3, -0.25) is 0 Å². The van der Waals surface area contributed by atoms with Crippen LogP contribution in [0.5, 0.6) is 0 Å². The molecule has 0 aliphatic carbocycles. The second-order valence-corrected chi connectivity index (χ2v) is 4.74. The zero-order chi connectivity index (χ0) is 13.3. The lowest BCUT2D eigenvalue weighted by molar-refractivity contribution is -0.137. The van der Waals surface area contributed by atoms with Crippen LogP contribution in [-0.4, -0.2) is 5.54 Å². The van der Waals surface area contributed by atoms with Gasteiger partial charge in [-0.15, -0.1) is 0 Å². The zero-order valence-corrected chi connectivity index (χ0v) is 9.81. The maximum atomic E-state index is 12.4. The monoisotopic (exact) mass is 242 g/mol. The van der Waals surface area contributed by atoms with Crippen molar-refractivity contribution in [2.75, 3.05) is 5.32 Å². The van der Waals surface area contributed by atoms with Gasteiger partial charge in [0.2, 0.25) is 0 Å². The fourth-order valence-corrected chi connectivity index (χ4v) is 1.33. The Kier molecular flexibility index (Phi) is 3.37. The second kappa shape index (κ2) is 4.28. The predicted octanol–water partition coefficient (Wildman–Crippen LogP) is 3.79. The summed E-state index contributed by atoms with van der Waals surface area (Å²) in [7, 11) is 0. The molecule has 0 aliphatic rings. The highest BCUT2D eigenvalue weighted by Crippen LogP contribution is 2.32. The molecule has 0 atom stereocenters. The fraction of sp³-hybridized carbons (Fsp3) is 0.417. The Morgan fingerprint density at radius 1 is 1.18 bits per heavy atom. The molecular weight excluding hydrogens is 229 g/mol. The van der Waals surface area contributed by atoms with Crippen LogP contribution >= 0.6 is 0 Å². The van der Waals surface area contributed by atoms with E-state index in [0.29, 0.717) is 5.69 Å². The summed E-state index contributed by atoms with van der Waals surface area (Å²) in [5, 5.41) is 11.8. The lowest BCUT2D eigenvalue weighted by Gasteiger charge is -2.23. The number of rotatable bonds is 1. The van der Waals surface area contributed by atoms with E-state index in [1.54, 1.807) is 6.07 Å². The first kappa shape index (κ1) is 13.4. The minimum absolute atomic E-state index is 0.00486. The largest absolute Gasteiger partial charge is 0.416 e. The average molecular weight is 242 g/mol. The molecular formula is C12H13F3N2. The van der Waals surface area contributed by atoms with Crippen molar-refractivity contribution in [2.24, 2.45) is 0 Å². The average Bonchev–Trinajstić information content (AvgIpc) is 2.14. The maximum absolute atomic E-state index is 12.4. The predicted molar refractivity (Wildman–Crippen MR) is 59.5 cm³/mol. The molecule has 1 aromatic carbocycles. The molecule has 0 radical (unpaired) electrons. The Labute approximate surface area is 98.1 Å². The molecule has 0 amide bonds. The number of nitrogens with zero attached hydrogens (tertiary/aromatic N) is 1. The van der Waals surface area contributed by atoms with E-state index >= 15 is 0 Å². The van der Waals surface area contributed by atoms with Gasteiger partial charge >= 0.3 is 6.18 Å². The highest BCUT2D eigenvalue weighted by Gasteiger charge is 2.31. The zero-order valence-electron chi connectivity index (χ0n) is 9.81. The number of nitriles is 1. The first-order valence-corrected chi connectivity index (χ1v) is 5.03. The van der Waals surface area contributed by atoms with Gasteiger partial charge < -0.3 is 5.32 Å². The molecule has 0 aromatic heterocycles. The number of nitrogens with one attached hydrogen (secondary N) is 1. The molecule has 0 bridgehead atoms. The van der Waals surface area contributed by atoms with Crippen LogP contribution in [0.4, 0.5) is 18.9 Å². The molecule has 1 rings (SSSR count). The summed E-state index contributed by atoms with van der Waals surface area (Å²) in [5.41, 5.74) is -0.720. The Morgan fingerprint density at radius 2 is 1.76 bits per heavy atom. The van der Waals surface area contributed by atoms with Gasteiger partial charge in [-0.2, -0.15) is 18.4 Å². The summed E-state index contributed by atoms with van der Waals surface area (Å²) in [4.78, 5) is 0. The Hall–Kier alpha value is -1.70. The van der Waals surface area contributed by atoms with E-state index in [2.05, 4.69) is 5.32 Å². The van der Waals surface area contributed by atoms with E-state index in [1.165, 1.54) is 6.07 Å². The van der Waals surface area contributed by atoms with Crippen LogP contribution in [-0.2, 0) is 6.18 Å². The van der Waals surface area contributed by atoms with Gasteiger partial charge in [0.1, 0.15) is 6.07 Å². The Bertz CT molecular complexity index is 450. The summed E-state index contributed by atoms with van der Waals surface area (Å²) in [5.74, 6) is 0. The van der Waals surface area contributed by atoms with E-state index in [-0.39, 0.29) is 11.1 Å². The van der Waals surface area contributed by atoms with E-state index in [0.717, 1.165) is 12.1 Å². The van der Waals surface area contributed by atoms with Gasteiger partial charge in [-0.1, -0.05) is 0 Å². The van der Waals surface area contributed by atoms with Crippen LogP contribution in [0.15, 0.2) is 18.2 Å². The number of hydrogen-bond donors (Lipinski definition) is 1. The molecule has 0 fully saturated rings. The van der Waals surface area contributed by atoms with Crippen LogP contribution in [0, 0.1) is 11.3 Å². The van der Waals surface area contributed by atoms with Crippen molar-refractivity contribution in [1.29, 1.82) is 5.26 Å². The molecule has 0 unspecified atom stereocenters. The molecule has 92 valence electrons. The SMILES string of the molecule is CC(C)(C)Nc1ccc(C(F)(F)F)cc1C#N. The van der Waals surface area contributed by atoms with Crippen molar-refractivity contribution < 1.29 is 13.2 Å². The highest BCUT2D eigenvalue weighted by atomic mass is 19.4. The normalized spacial score (nSPS) is 12.1. The number of anilines is 1. The third-order valence-electron chi connectivity index (χ3n) is 1.98. The first-order valence-electron chi connectivity index (χ1n) is 5.03. The summed E-state index contributed by atoms with van der Waals surface area (Å²) in [6, 6.07) is 4.87. The van der Waals surface area contributed by atoms with Crippen LogP contribution in [0.25, 0.3) is 0 Å². The smallest absolute Gasteiger partial charge is 0.379 e. The lowest BCUT2D eigenvalue weighted by Crippen LogP contribution is -2.26. The Morgan fingerprint density at radius 3 is 2.18 bits per heavy atom. The lowest BCUT2D eigenvalue weighted by atomic mass is 10.0. The quantitative estimate of drug-likeness (QED) is 0.813. The molecule has 0 spiro atoms. The van der Waals surface area contributed by atoms with E-state index in [9.17, 15) is 13.2 Å². The third kappa shape index (κ3) is 3.66. The summed E-state index contributed by atoms with van der Waals surface area (Å²) < 4.78 is 37.3. The maximum Gasteiger partial charge on any atom is 0.416 e. The minimum Gasteiger partial charge on any atom is -0.379 e. The van der Waals surface area contributed by atoms with E-state index < -0.39 is 11.7 Å². The van der Waals surface area contributed by atoms with Crippen LogP contribution in [0.1, 0.15) is 31.9 Å². The van der Waals surface area contributed by atoms with E-state index in [1.807, 2.05) is 20.8 Å². The van der Waals surface area contributed by atoms with Gasteiger partial charge in [0, 0.05) is 5.54 Å². The topological polar surface area (TPSA) is 35.8 Å². The molecule has 0 saturated carbocycles. The number of alkyl halides is 3. The summed E-state index contributed by atoms with van der Waals surface area (Å²) in [6.07, 6.45) is -4.42. The van der Waals surface area contributed by atoms with Crippen molar-refractivity contribution in [2.45, 2.75) is 32.5 Å². The van der Waals surface area contributed by atoms with Crippen molar-refractivity contribution in [3.8, 4) is 6.07 Å². The van der Waals surface area contributed by atoms with Gasteiger partial charge in [0.05, 0.1) is 16.8 Å². The molecule has 5 heteroatoms. The van der Waals surface area contributed by atoms with Crippen LogP contribution in [0.2, 0.25) is 0 Å². The Balaban J connectivity index is 3.16. The van der Waals surface area contributed by atoms with Crippen LogP contribution in [0.3, 0.4) is 0 Å². The van der Waals surface area contributed by atoms with Crippen molar-refractivity contribution in [1.82, 2.24) is 0 Å². The van der Waals surface area contributed by atoms with Gasteiger partial charge in [0.25, 0.3) is 0 Å². The summed E-state index contributed by atoms with van der Waals surface area (Å²) >= 11 is 0. The molecule has 1 aromatic rings. The third-order valence-corrected chi connectivity index (χ3v) is 1.98. The standard InChI is InChI=1S/C12H13F3N2/c1-11(2,3)17-10-5-4-9(12(13,14)15)6-8(10)7-16/h4-6,17H,1-3H3. The molecule has 2 nitrogen and oxygen atoms in total. The highest BCUT2D eigenvalue weighted by molar-refractivity contribution is 5.60. The molecule has 17 heavy (non-hydrogen) atoms. The van der Waals surface area contributed by atoms with Gasteiger partial charge in [-0.05, 0) is 39.0 Å². The molecule has 0 aliphatic heterocycles. The molecule has 0 saturated heterocycles. The fourth-order valence-electron chi connectivity index (χ4n) is 1.33. The van der Waals surface area contributed by atoms with Gasteiger partial charge in [0.15, 0.2) is 0 Å². The second-order valence-electron chi connectivity index (χ2n) is 4.74. The number of halogens is 3. The van der Waals surface area contributed by atoms with E-state index in [4.69, 9.17) is 5.26 Å².